The molecule has 0 bridgehead atoms. The molecule has 0 aliphatic rings. The molecule has 1 aromatic carbocycles. The first-order valence-corrected chi connectivity index (χ1v) is 9.49. The highest BCUT2D eigenvalue weighted by Gasteiger charge is 2.05. The maximum atomic E-state index is 13.1. The fourth-order valence-electron chi connectivity index (χ4n) is 2.47. The number of guanidine groups is 1. The first-order chi connectivity index (χ1) is 12.6. The third-order valence-corrected chi connectivity index (χ3v) is 4.76. The molecule has 1 aromatic heterocycles. The molecule has 5 nitrogen and oxygen atoms in total. The van der Waals surface area contributed by atoms with Gasteiger partial charge in [-0.25, -0.2) is 4.39 Å². The van der Waals surface area contributed by atoms with E-state index in [0.717, 1.165) is 28.8 Å². The van der Waals surface area contributed by atoms with Gasteiger partial charge in [0.1, 0.15) is 5.82 Å². The highest BCUT2D eigenvalue weighted by Crippen LogP contribution is 2.10. The number of benzene rings is 1. The number of nitrogens with one attached hydrogen (secondary N) is 3. The smallest absolute Gasteiger partial charge is 0.261 e. The number of carbonyl (C=O) groups is 1. The van der Waals surface area contributed by atoms with E-state index >= 15 is 0 Å². The molecule has 0 aliphatic carbocycles. The number of aliphatic imine (C=N–C) groups is 1. The third-order valence-electron chi connectivity index (χ3n) is 3.89. The van der Waals surface area contributed by atoms with Gasteiger partial charge in [-0.2, -0.15) is 0 Å². The van der Waals surface area contributed by atoms with Crippen LogP contribution in [0.1, 0.15) is 27.2 Å². The Kier molecular flexibility index (Phi) is 11.0. The molecule has 1 amide bonds. The number of thiophene rings is 1. The topological polar surface area (TPSA) is 65.5 Å². The Morgan fingerprint density at radius 3 is 2.56 bits per heavy atom. The summed E-state index contributed by atoms with van der Waals surface area (Å²) in [5.74, 6) is 0.481. The maximum Gasteiger partial charge on any atom is 0.261 e. The molecule has 0 fully saturated rings. The van der Waals surface area contributed by atoms with Gasteiger partial charge in [0.25, 0.3) is 5.91 Å². The van der Waals surface area contributed by atoms with Crippen LogP contribution in [-0.2, 0) is 6.42 Å². The number of hydrogen-bond acceptors (Lipinski definition) is 3. The molecule has 8 heteroatoms. The van der Waals surface area contributed by atoms with Crippen molar-refractivity contribution >= 4 is 47.2 Å². The molecule has 0 spiro atoms. The summed E-state index contributed by atoms with van der Waals surface area (Å²) >= 11 is 1.43. The van der Waals surface area contributed by atoms with Gasteiger partial charge in [0.15, 0.2) is 5.96 Å². The first kappa shape index (κ1) is 23.4. The largest absolute Gasteiger partial charge is 0.356 e. The number of hydrogen-bond donors (Lipinski definition) is 3. The van der Waals surface area contributed by atoms with E-state index in [1.165, 1.54) is 17.4 Å². The van der Waals surface area contributed by atoms with Crippen molar-refractivity contribution < 1.29 is 9.18 Å². The summed E-state index contributed by atoms with van der Waals surface area (Å²) in [6.07, 6.45) is 1.60. The minimum Gasteiger partial charge on any atom is -0.356 e. The van der Waals surface area contributed by atoms with Crippen LogP contribution in [0.15, 0.2) is 40.7 Å². The monoisotopic (exact) mass is 504 g/mol. The molecule has 0 atom stereocenters. The molecule has 0 radical (unpaired) electrons. The molecule has 0 saturated heterocycles. The molecule has 0 saturated carbocycles. The Hall–Kier alpha value is -1.68. The Morgan fingerprint density at radius 1 is 1.15 bits per heavy atom. The highest BCUT2D eigenvalue weighted by atomic mass is 127. The second kappa shape index (κ2) is 12.7. The lowest BCUT2D eigenvalue weighted by Gasteiger charge is -2.13. The zero-order valence-corrected chi connectivity index (χ0v) is 18.7. The van der Waals surface area contributed by atoms with Gasteiger partial charge in [-0.15, -0.1) is 35.3 Å². The maximum absolute atomic E-state index is 13.1. The standard InChI is InChI=1S/C19H25FN4OS.HI/c1-14-13-16(20)7-6-15(14)8-11-24-19(21-2)23-10-4-9-22-18(25)17-5-3-12-26-17;/h3,5-7,12-13H,4,8-11H2,1-2H3,(H,22,25)(H2,21,23,24);1H. The summed E-state index contributed by atoms with van der Waals surface area (Å²) in [5.41, 5.74) is 2.07. The molecule has 148 valence electrons. The van der Waals surface area contributed by atoms with Crippen molar-refractivity contribution in [2.75, 3.05) is 26.7 Å². The van der Waals surface area contributed by atoms with Crippen molar-refractivity contribution in [3.63, 3.8) is 0 Å². The Labute approximate surface area is 180 Å². The van der Waals surface area contributed by atoms with Gasteiger partial charge in [0.05, 0.1) is 4.88 Å². The number of carbonyl (C=O) groups excluding carboxylic acids is 1. The van der Waals surface area contributed by atoms with Crippen LogP contribution >= 0.6 is 35.3 Å². The third kappa shape index (κ3) is 8.25. The lowest BCUT2D eigenvalue weighted by Crippen LogP contribution is -2.39. The summed E-state index contributed by atoms with van der Waals surface area (Å²) in [5, 5.41) is 11.2. The van der Waals surface area contributed by atoms with Crippen molar-refractivity contribution in [1.29, 1.82) is 0 Å². The van der Waals surface area contributed by atoms with Gasteiger partial charge in [-0.05, 0) is 54.5 Å². The Morgan fingerprint density at radius 2 is 1.89 bits per heavy atom. The van der Waals surface area contributed by atoms with E-state index in [9.17, 15) is 9.18 Å². The van der Waals surface area contributed by atoms with Crippen molar-refractivity contribution in [2.45, 2.75) is 19.8 Å². The van der Waals surface area contributed by atoms with Crippen molar-refractivity contribution in [3.05, 3.63) is 57.5 Å². The van der Waals surface area contributed by atoms with Gasteiger partial charge in [-0.1, -0.05) is 12.1 Å². The van der Waals surface area contributed by atoms with Crippen LogP contribution in [0.5, 0.6) is 0 Å². The van der Waals surface area contributed by atoms with Crippen LogP contribution in [0.25, 0.3) is 0 Å². The SMILES string of the molecule is CN=C(NCCCNC(=O)c1cccs1)NCCc1ccc(F)cc1C.I. The van der Waals surface area contributed by atoms with Crippen LogP contribution in [0.3, 0.4) is 0 Å². The number of nitrogens with zero attached hydrogens (tertiary/aromatic N) is 1. The van der Waals surface area contributed by atoms with Crippen LogP contribution in [-0.4, -0.2) is 38.5 Å². The quantitative estimate of drug-likeness (QED) is 0.224. The fourth-order valence-corrected chi connectivity index (χ4v) is 3.11. The molecule has 3 N–H and O–H groups in total. The molecular weight excluding hydrogens is 478 g/mol. The fraction of sp³-hybridized carbons (Fsp3) is 0.368. The normalized spacial score (nSPS) is 10.9. The van der Waals surface area contributed by atoms with Gasteiger partial charge in [0, 0.05) is 26.7 Å². The molecule has 0 aliphatic heterocycles. The van der Waals surface area contributed by atoms with E-state index in [1.807, 2.05) is 30.5 Å². The van der Waals surface area contributed by atoms with Crippen LogP contribution in [0, 0.1) is 12.7 Å². The number of amides is 1. The van der Waals surface area contributed by atoms with Crippen LogP contribution in [0.4, 0.5) is 4.39 Å². The zero-order chi connectivity index (χ0) is 18.8. The molecule has 2 aromatic rings. The summed E-state index contributed by atoms with van der Waals surface area (Å²) in [6.45, 7) is 3.94. The van der Waals surface area contributed by atoms with Crippen molar-refractivity contribution in [2.24, 2.45) is 4.99 Å². The van der Waals surface area contributed by atoms with E-state index in [2.05, 4.69) is 20.9 Å². The predicted molar refractivity (Wildman–Crippen MR) is 121 cm³/mol. The van der Waals surface area contributed by atoms with Gasteiger partial charge in [0.2, 0.25) is 0 Å². The molecule has 2 rings (SSSR count). The Bertz CT molecular complexity index is 737. The van der Waals surface area contributed by atoms with Crippen LogP contribution in [0.2, 0.25) is 0 Å². The highest BCUT2D eigenvalue weighted by molar-refractivity contribution is 14.0. The summed E-state index contributed by atoms with van der Waals surface area (Å²) in [7, 11) is 1.72. The molecule has 27 heavy (non-hydrogen) atoms. The van der Waals surface area contributed by atoms with Gasteiger partial charge >= 0.3 is 0 Å². The Balaban J connectivity index is 0.00000364. The van der Waals surface area contributed by atoms with E-state index < -0.39 is 0 Å². The lowest BCUT2D eigenvalue weighted by molar-refractivity contribution is 0.0957. The lowest BCUT2D eigenvalue weighted by atomic mass is 10.1. The van der Waals surface area contributed by atoms with E-state index in [0.29, 0.717) is 25.6 Å². The summed E-state index contributed by atoms with van der Waals surface area (Å²) < 4.78 is 13.1. The van der Waals surface area contributed by atoms with Gasteiger partial charge < -0.3 is 16.0 Å². The second-order valence-electron chi connectivity index (χ2n) is 5.83. The van der Waals surface area contributed by atoms with Crippen LogP contribution < -0.4 is 16.0 Å². The average Bonchev–Trinajstić information content (AvgIpc) is 3.16. The predicted octanol–water partition coefficient (Wildman–Crippen LogP) is 3.34. The number of aryl methyl sites for hydroxylation is 1. The summed E-state index contributed by atoms with van der Waals surface area (Å²) in [4.78, 5) is 16.7. The first-order valence-electron chi connectivity index (χ1n) is 8.61. The number of rotatable bonds is 8. The average molecular weight is 504 g/mol. The molecular formula is C19H26FIN4OS. The molecule has 1 heterocycles. The van der Waals surface area contributed by atoms with Crippen molar-refractivity contribution in [1.82, 2.24) is 16.0 Å². The van der Waals surface area contributed by atoms with E-state index in [1.54, 1.807) is 13.1 Å². The minimum absolute atomic E-state index is 0. The zero-order valence-electron chi connectivity index (χ0n) is 15.5. The minimum atomic E-state index is -0.206. The van der Waals surface area contributed by atoms with E-state index in [4.69, 9.17) is 0 Å². The van der Waals surface area contributed by atoms with Gasteiger partial charge in [-0.3, -0.25) is 9.79 Å². The van der Waals surface area contributed by atoms with E-state index in [-0.39, 0.29) is 35.7 Å². The summed E-state index contributed by atoms with van der Waals surface area (Å²) in [6, 6.07) is 8.53. The second-order valence-corrected chi connectivity index (χ2v) is 6.78. The molecule has 0 unspecified atom stereocenters. The number of halogens is 2. The van der Waals surface area contributed by atoms with Crippen molar-refractivity contribution in [3.8, 4) is 0 Å².